The van der Waals surface area contributed by atoms with Crippen LogP contribution in [0.25, 0.3) is 0 Å². The van der Waals surface area contributed by atoms with Crippen LogP contribution in [0, 0.1) is 5.92 Å². The lowest BCUT2D eigenvalue weighted by Gasteiger charge is -2.28. The molecule has 0 aliphatic rings. The lowest BCUT2D eigenvalue weighted by Crippen LogP contribution is -2.48. The Morgan fingerprint density at radius 2 is 1.76 bits per heavy atom. The van der Waals surface area contributed by atoms with Crippen LogP contribution in [0.4, 0.5) is 0 Å². The SMILES string of the molecule is CC(C)CN(CCN(C)C)C(=O)C(N)Cc1ccccc1. The van der Waals surface area contributed by atoms with Crippen molar-refractivity contribution in [2.45, 2.75) is 26.3 Å². The number of benzene rings is 1. The van der Waals surface area contributed by atoms with Crippen molar-refractivity contribution in [3.63, 3.8) is 0 Å². The van der Waals surface area contributed by atoms with E-state index in [2.05, 4.69) is 18.7 Å². The maximum absolute atomic E-state index is 12.6. The quantitative estimate of drug-likeness (QED) is 0.791. The van der Waals surface area contributed by atoms with Gasteiger partial charge in [-0.15, -0.1) is 0 Å². The first-order chi connectivity index (χ1) is 9.90. The van der Waals surface area contributed by atoms with Crippen molar-refractivity contribution in [1.82, 2.24) is 9.80 Å². The van der Waals surface area contributed by atoms with E-state index in [1.165, 1.54) is 0 Å². The second-order valence-electron chi connectivity index (χ2n) is 6.28. The van der Waals surface area contributed by atoms with Crippen molar-refractivity contribution in [2.75, 3.05) is 33.7 Å². The van der Waals surface area contributed by atoms with Gasteiger partial charge < -0.3 is 15.5 Å². The number of carbonyl (C=O) groups excluding carboxylic acids is 1. The topological polar surface area (TPSA) is 49.6 Å². The average molecular weight is 291 g/mol. The van der Waals surface area contributed by atoms with Gasteiger partial charge in [0.05, 0.1) is 6.04 Å². The standard InChI is InChI=1S/C17H29N3O/c1-14(2)13-20(11-10-19(3)4)17(21)16(18)12-15-8-6-5-7-9-15/h5-9,14,16H,10-13,18H2,1-4H3. The summed E-state index contributed by atoms with van der Waals surface area (Å²) in [7, 11) is 4.03. The number of likely N-dealkylation sites (N-methyl/N-ethyl adjacent to an activating group) is 1. The lowest BCUT2D eigenvalue weighted by molar-refractivity contribution is -0.133. The molecular formula is C17H29N3O. The third-order valence-corrected chi connectivity index (χ3v) is 3.33. The van der Waals surface area contributed by atoms with Crippen LogP contribution >= 0.6 is 0 Å². The van der Waals surface area contributed by atoms with Gasteiger partial charge in [0.2, 0.25) is 5.91 Å². The van der Waals surface area contributed by atoms with E-state index in [4.69, 9.17) is 5.73 Å². The Kier molecular flexibility index (Phi) is 7.40. The van der Waals surface area contributed by atoms with E-state index >= 15 is 0 Å². The molecular weight excluding hydrogens is 262 g/mol. The van der Waals surface area contributed by atoms with Gasteiger partial charge in [0.1, 0.15) is 0 Å². The molecule has 0 bridgehead atoms. The first-order valence-electron chi connectivity index (χ1n) is 7.63. The summed E-state index contributed by atoms with van der Waals surface area (Å²) in [5.74, 6) is 0.495. The van der Waals surface area contributed by atoms with E-state index in [1.54, 1.807) is 0 Å². The van der Waals surface area contributed by atoms with Crippen LogP contribution in [0.2, 0.25) is 0 Å². The summed E-state index contributed by atoms with van der Waals surface area (Å²) in [4.78, 5) is 16.6. The number of rotatable bonds is 8. The minimum Gasteiger partial charge on any atom is -0.340 e. The molecule has 21 heavy (non-hydrogen) atoms. The van der Waals surface area contributed by atoms with Crippen molar-refractivity contribution >= 4 is 5.91 Å². The van der Waals surface area contributed by atoms with Crippen LogP contribution in [-0.2, 0) is 11.2 Å². The molecule has 1 aromatic rings. The largest absolute Gasteiger partial charge is 0.340 e. The molecule has 4 heteroatoms. The van der Waals surface area contributed by atoms with Crippen LogP contribution in [0.5, 0.6) is 0 Å². The number of carbonyl (C=O) groups is 1. The highest BCUT2D eigenvalue weighted by Crippen LogP contribution is 2.07. The molecule has 0 aromatic heterocycles. The van der Waals surface area contributed by atoms with Crippen LogP contribution in [0.15, 0.2) is 30.3 Å². The first-order valence-corrected chi connectivity index (χ1v) is 7.63. The first kappa shape index (κ1) is 17.7. The monoisotopic (exact) mass is 291 g/mol. The number of nitrogens with zero attached hydrogens (tertiary/aromatic N) is 2. The summed E-state index contributed by atoms with van der Waals surface area (Å²) in [6.45, 7) is 6.59. The van der Waals surface area contributed by atoms with E-state index < -0.39 is 6.04 Å². The van der Waals surface area contributed by atoms with Gasteiger partial charge in [-0.2, -0.15) is 0 Å². The van der Waals surface area contributed by atoms with Gasteiger partial charge in [0.15, 0.2) is 0 Å². The predicted octanol–water partition coefficient (Wildman–Crippen LogP) is 1.60. The molecule has 0 spiro atoms. The zero-order chi connectivity index (χ0) is 15.8. The van der Waals surface area contributed by atoms with Crippen molar-refractivity contribution in [3.8, 4) is 0 Å². The molecule has 0 heterocycles. The Labute approximate surface area is 128 Å². The molecule has 4 nitrogen and oxygen atoms in total. The van der Waals surface area contributed by atoms with Gasteiger partial charge in [-0.3, -0.25) is 4.79 Å². The summed E-state index contributed by atoms with van der Waals surface area (Å²) < 4.78 is 0. The van der Waals surface area contributed by atoms with Crippen LogP contribution < -0.4 is 5.73 Å². The molecule has 0 aliphatic heterocycles. The molecule has 1 amide bonds. The Bertz CT molecular complexity index is 417. The van der Waals surface area contributed by atoms with Gasteiger partial charge in [-0.05, 0) is 32.0 Å². The number of nitrogens with two attached hydrogens (primary N) is 1. The van der Waals surface area contributed by atoms with Crippen molar-refractivity contribution in [2.24, 2.45) is 11.7 Å². The molecule has 0 radical (unpaired) electrons. The molecule has 0 aliphatic carbocycles. The summed E-state index contributed by atoms with van der Waals surface area (Å²) in [5.41, 5.74) is 7.23. The highest BCUT2D eigenvalue weighted by molar-refractivity contribution is 5.82. The molecule has 118 valence electrons. The Morgan fingerprint density at radius 3 is 2.29 bits per heavy atom. The minimum absolute atomic E-state index is 0.0504. The zero-order valence-corrected chi connectivity index (χ0v) is 13.7. The van der Waals surface area contributed by atoms with Crippen LogP contribution in [-0.4, -0.2) is 55.5 Å². The van der Waals surface area contributed by atoms with Crippen molar-refractivity contribution < 1.29 is 4.79 Å². The Morgan fingerprint density at radius 1 is 1.14 bits per heavy atom. The molecule has 1 aromatic carbocycles. The number of hydrogen-bond donors (Lipinski definition) is 1. The third-order valence-electron chi connectivity index (χ3n) is 3.33. The average Bonchev–Trinajstić information content (AvgIpc) is 2.43. The van der Waals surface area contributed by atoms with Gasteiger partial charge in [-0.1, -0.05) is 44.2 Å². The number of amides is 1. The van der Waals surface area contributed by atoms with Gasteiger partial charge in [0.25, 0.3) is 0 Å². The Hall–Kier alpha value is -1.39. The molecule has 2 N–H and O–H groups in total. The second kappa shape index (κ2) is 8.80. The molecule has 0 saturated heterocycles. The van der Waals surface area contributed by atoms with E-state index in [0.717, 1.165) is 25.2 Å². The van der Waals surface area contributed by atoms with Gasteiger partial charge >= 0.3 is 0 Å². The smallest absolute Gasteiger partial charge is 0.239 e. The van der Waals surface area contributed by atoms with Crippen LogP contribution in [0.1, 0.15) is 19.4 Å². The maximum atomic E-state index is 12.6. The second-order valence-corrected chi connectivity index (χ2v) is 6.28. The summed E-state index contributed by atoms with van der Waals surface area (Å²) in [5, 5.41) is 0. The van der Waals surface area contributed by atoms with E-state index in [1.807, 2.05) is 49.3 Å². The van der Waals surface area contributed by atoms with Crippen LogP contribution in [0.3, 0.4) is 0 Å². The molecule has 0 fully saturated rings. The predicted molar refractivity (Wildman–Crippen MR) is 88.1 cm³/mol. The van der Waals surface area contributed by atoms with Gasteiger partial charge in [0, 0.05) is 19.6 Å². The molecule has 1 atom stereocenters. The fraction of sp³-hybridized carbons (Fsp3) is 0.588. The lowest BCUT2D eigenvalue weighted by atomic mass is 10.0. The molecule has 1 rings (SSSR count). The van der Waals surface area contributed by atoms with E-state index in [0.29, 0.717) is 12.3 Å². The fourth-order valence-corrected chi connectivity index (χ4v) is 2.24. The van der Waals surface area contributed by atoms with Crippen molar-refractivity contribution in [1.29, 1.82) is 0 Å². The van der Waals surface area contributed by atoms with Gasteiger partial charge in [-0.25, -0.2) is 0 Å². The van der Waals surface area contributed by atoms with E-state index in [-0.39, 0.29) is 5.91 Å². The number of hydrogen-bond acceptors (Lipinski definition) is 3. The highest BCUT2D eigenvalue weighted by atomic mass is 16.2. The summed E-state index contributed by atoms with van der Waals surface area (Å²) in [6, 6.07) is 9.49. The maximum Gasteiger partial charge on any atom is 0.239 e. The third kappa shape index (κ3) is 6.74. The summed E-state index contributed by atoms with van der Waals surface area (Å²) in [6.07, 6.45) is 0.593. The molecule has 0 saturated carbocycles. The van der Waals surface area contributed by atoms with E-state index in [9.17, 15) is 4.79 Å². The summed E-state index contributed by atoms with van der Waals surface area (Å²) >= 11 is 0. The Balaban J connectivity index is 2.64. The normalized spacial score (nSPS) is 12.7. The minimum atomic E-state index is -0.465. The zero-order valence-electron chi connectivity index (χ0n) is 13.7. The van der Waals surface area contributed by atoms with Crippen molar-refractivity contribution in [3.05, 3.63) is 35.9 Å². The molecule has 1 unspecified atom stereocenters. The fourth-order valence-electron chi connectivity index (χ4n) is 2.24. The highest BCUT2D eigenvalue weighted by Gasteiger charge is 2.21.